The van der Waals surface area contributed by atoms with E-state index in [1.54, 1.807) is 11.8 Å². The van der Waals surface area contributed by atoms with Crippen LogP contribution in [0.2, 0.25) is 0 Å². The molecule has 8 heteroatoms. The van der Waals surface area contributed by atoms with Gasteiger partial charge in [-0.1, -0.05) is 44.2 Å². The lowest BCUT2D eigenvalue weighted by atomic mass is 10.2. The molecule has 0 spiro atoms. The van der Waals surface area contributed by atoms with Gasteiger partial charge < -0.3 is 5.32 Å². The van der Waals surface area contributed by atoms with Crippen LogP contribution in [0.1, 0.15) is 31.5 Å². The summed E-state index contributed by atoms with van der Waals surface area (Å²) in [7, 11) is 0. The monoisotopic (exact) mass is 388 g/mol. The number of thioether (sulfide) groups is 1. The van der Waals surface area contributed by atoms with Crippen molar-refractivity contribution in [1.82, 2.24) is 14.6 Å². The predicted molar refractivity (Wildman–Crippen MR) is 106 cm³/mol. The Bertz CT molecular complexity index is 994. The van der Waals surface area contributed by atoms with Crippen LogP contribution in [0.15, 0.2) is 40.0 Å². The van der Waals surface area contributed by atoms with E-state index in [1.165, 1.54) is 21.9 Å². The van der Waals surface area contributed by atoms with Gasteiger partial charge >= 0.3 is 0 Å². The number of benzene rings is 1. The van der Waals surface area contributed by atoms with Crippen molar-refractivity contribution in [1.29, 1.82) is 0 Å². The predicted octanol–water partition coefficient (Wildman–Crippen LogP) is 3.60. The average Bonchev–Trinajstić information content (AvgIpc) is 3.04. The maximum atomic E-state index is 12.2. The van der Waals surface area contributed by atoms with Crippen LogP contribution < -0.4 is 10.9 Å². The molecule has 1 N–H and O–H groups in total. The third kappa shape index (κ3) is 4.13. The average molecular weight is 389 g/mol. The number of nitrogens with one attached hydrogen (secondary N) is 1. The third-order valence-corrected chi connectivity index (χ3v) is 5.85. The van der Waals surface area contributed by atoms with Gasteiger partial charge in [0.05, 0.1) is 11.4 Å². The van der Waals surface area contributed by atoms with E-state index in [9.17, 15) is 9.59 Å². The summed E-state index contributed by atoms with van der Waals surface area (Å²) in [5.41, 5.74) is 1.32. The lowest BCUT2D eigenvalue weighted by Gasteiger charge is -2.12. The van der Waals surface area contributed by atoms with E-state index >= 15 is 0 Å². The van der Waals surface area contributed by atoms with E-state index in [0.29, 0.717) is 16.4 Å². The lowest BCUT2D eigenvalue weighted by Crippen LogP contribution is -2.18. The molecule has 0 radical (unpaired) electrons. The first-order valence-corrected chi connectivity index (χ1v) is 10.2. The van der Waals surface area contributed by atoms with Crippen molar-refractivity contribution in [3.05, 3.63) is 51.4 Å². The smallest absolute Gasteiger partial charge is 0.275 e. The Morgan fingerprint density at radius 2 is 2.12 bits per heavy atom. The lowest BCUT2D eigenvalue weighted by molar-refractivity contribution is -0.118. The SMILES string of the molecule is CCc1nn2c(=O)cc(CSc3ccccc3NC(=O)C(C)C)nc2s1. The summed E-state index contributed by atoms with van der Waals surface area (Å²) in [6, 6.07) is 9.17. The summed E-state index contributed by atoms with van der Waals surface area (Å²) in [5, 5.41) is 8.09. The molecule has 2 aromatic heterocycles. The van der Waals surface area contributed by atoms with E-state index in [4.69, 9.17) is 0 Å². The molecule has 0 fully saturated rings. The van der Waals surface area contributed by atoms with Crippen LogP contribution in [0.3, 0.4) is 0 Å². The summed E-state index contributed by atoms with van der Waals surface area (Å²) >= 11 is 2.98. The van der Waals surface area contributed by atoms with Crippen LogP contribution >= 0.6 is 23.1 Å². The Morgan fingerprint density at radius 3 is 2.85 bits per heavy atom. The zero-order valence-electron chi connectivity index (χ0n) is 14.9. The number of carbonyl (C=O) groups excluding carboxylic acids is 1. The summed E-state index contributed by atoms with van der Waals surface area (Å²) in [6.45, 7) is 5.72. The number of aryl methyl sites for hydroxylation is 1. The van der Waals surface area contributed by atoms with Crippen molar-refractivity contribution in [2.45, 2.75) is 37.8 Å². The van der Waals surface area contributed by atoms with Crippen molar-refractivity contribution >= 4 is 39.7 Å². The molecule has 136 valence electrons. The maximum Gasteiger partial charge on any atom is 0.275 e. The Morgan fingerprint density at radius 1 is 1.35 bits per heavy atom. The molecule has 3 rings (SSSR count). The molecule has 0 saturated carbocycles. The highest BCUT2D eigenvalue weighted by molar-refractivity contribution is 7.98. The Kier molecular flexibility index (Phi) is 5.73. The van der Waals surface area contributed by atoms with Crippen molar-refractivity contribution in [3.8, 4) is 0 Å². The molecule has 0 aliphatic rings. The number of hydrogen-bond acceptors (Lipinski definition) is 6. The fourth-order valence-electron chi connectivity index (χ4n) is 2.24. The molecule has 0 saturated heterocycles. The number of fused-ring (bicyclic) bond motifs is 1. The van der Waals surface area contributed by atoms with Gasteiger partial charge in [0.15, 0.2) is 0 Å². The molecule has 1 amide bonds. The van der Waals surface area contributed by atoms with Crippen LogP contribution in [0.25, 0.3) is 4.96 Å². The molecule has 26 heavy (non-hydrogen) atoms. The largest absolute Gasteiger partial charge is 0.325 e. The van der Waals surface area contributed by atoms with Gasteiger partial charge in [-0.05, 0) is 18.6 Å². The molecule has 0 aliphatic carbocycles. The molecule has 0 unspecified atom stereocenters. The van der Waals surface area contributed by atoms with Crippen LogP contribution in [0.5, 0.6) is 0 Å². The Hall–Kier alpha value is -2.19. The van der Waals surface area contributed by atoms with Gasteiger partial charge in [-0.25, -0.2) is 4.98 Å². The minimum atomic E-state index is -0.164. The fraction of sp³-hybridized carbons (Fsp3) is 0.333. The topological polar surface area (TPSA) is 76.4 Å². The minimum Gasteiger partial charge on any atom is -0.325 e. The van der Waals surface area contributed by atoms with Crippen LogP contribution in [0, 0.1) is 5.92 Å². The van der Waals surface area contributed by atoms with Crippen molar-refractivity contribution in [2.24, 2.45) is 5.92 Å². The number of aromatic nitrogens is 3. The Labute approximate surface area is 159 Å². The summed E-state index contributed by atoms with van der Waals surface area (Å²) in [6.07, 6.45) is 0.778. The standard InChI is InChI=1S/C18H20N4O2S2/c1-4-15-21-22-16(23)9-12(19-18(22)26-15)10-25-14-8-6-5-7-13(14)20-17(24)11(2)3/h5-9,11H,4,10H2,1-3H3,(H,20,24). The summed E-state index contributed by atoms with van der Waals surface area (Å²) in [5.74, 6) is 0.434. The molecule has 1 aromatic carbocycles. The third-order valence-electron chi connectivity index (χ3n) is 3.69. The summed E-state index contributed by atoms with van der Waals surface area (Å²) < 4.78 is 1.36. The molecule has 0 aliphatic heterocycles. The molecule has 6 nitrogen and oxygen atoms in total. The van der Waals surface area contributed by atoms with E-state index in [1.807, 2.05) is 45.0 Å². The Balaban J connectivity index is 1.80. The van der Waals surface area contributed by atoms with E-state index in [2.05, 4.69) is 15.4 Å². The molecule has 3 aromatic rings. The first-order valence-electron chi connectivity index (χ1n) is 8.39. The number of anilines is 1. The van der Waals surface area contributed by atoms with E-state index in [-0.39, 0.29) is 17.4 Å². The van der Waals surface area contributed by atoms with Gasteiger partial charge in [0.1, 0.15) is 5.01 Å². The van der Waals surface area contributed by atoms with Gasteiger partial charge in [0, 0.05) is 22.6 Å². The molecule has 0 bridgehead atoms. The van der Waals surface area contributed by atoms with Crippen molar-refractivity contribution in [3.63, 3.8) is 0 Å². The first kappa shape index (κ1) is 18.6. The second kappa shape index (κ2) is 8.01. The zero-order valence-corrected chi connectivity index (χ0v) is 16.5. The second-order valence-corrected chi connectivity index (χ2v) is 8.12. The van der Waals surface area contributed by atoms with Gasteiger partial charge in [-0.3, -0.25) is 9.59 Å². The van der Waals surface area contributed by atoms with Gasteiger partial charge in [0.25, 0.3) is 5.56 Å². The van der Waals surface area contributed by atoms with Crippen LogP contribution in [-0.4, -0.2) is 20.5 Å². The maximum absolute atomic E-state index is 12.2. The molecule has 2 heterocycles. The number of nitrogens with zero attached hydrogens (tertiary/aromatic N) is 3. The number of rotatable bonds is 6. The van der Waals surface area contributed by atoms with Crippen LogP contribution in [-0.2, 0) is 17.0 Å². The van der Waals surface area contributed by atoms with Crippen LogP contribution in [0.4, 0.5) is 5.69 Å². The number of para-hydroxylation sites is 1. The number of carbonyl (C=O) groups is 1. The second-order valence-electron chi connectivity index (χ2n) is 6.06. The van der Waals surface area contributed by atoms with E-state index < -0.39 is 0 Å². The molecule has 0 atom stereocenters. The normalized spacial score (nSPS) is 11.2. The van der Waals surface area contributed by atoms with Gasteiger partial charge in [-0.2, -0.15) is 9.61 Å². The van der Waals surface area contributed by atoms with E-state index in [0.717, 1.165) is 22.0 Å². The van der Waals surface area contributed by atoms with Crippen molar-refractivity contribution < 1.29 is 4.79 Å². The van der Waals surface area contributed by atoms with Gasteiger partial charge in [-0.15, -0.1) is 11.8 Å². The highest BCUT2D eigenvalue weighted by Gasteiger charge is 2.12. The fourth-order valence-corrected chi connectivity index (χ4v) is 4.00. The highest BCUT2D eigenvalue weighted by Crippen LogP contribution is 2.29. The number of hydrogen-bond donors (Lipinski definition) is 1. The van der Waals surface area contributed by atoms with Gasteiger partial charge in [0.2, 0.25) is 10.9 Å². The highest BCUT2D eigenvalue weighted by atomic mass is 32.2. The molecular formula is C18H20N4O2S2. The zero-order chi connectivity index (χ0) is 18.7. The van der Waals surface area contributed by atoms with Crippen molar-refractivity contribution in [2.75, 3.05) is 5.32 Å². The number of amides is 1. The first-order chi connectivity index (χ1) is 12.5. The minimum absolute atomic E-state index is 0.0207. The summed E-state index contributed by atoms with van der Waals surface area (Å²) in [4.78, 5) is 30.3. The quantitative estimate of drug-likeness (QED) is 0.653. The molecular weight excluding hydrogens is 368 g/mol.